The Morgan fingerprint density at radius 1 is 1.31 bits per heavy atom. The predicted molar refractivity (Wildman–Crippen MR) is 64.8 cm³/mol. The number of halogens is 1. The second-order valence-electron chi connectivity index (χ2n) is 4.49. The van der Waals surface area contributed by atoms with Gasteiger partial charge >= 0.3 is 0 Å². The highest BCUT2D eigenvalue weighted by atomic mass is 35.5. The van der Waals surface area contributed by atoms with Crippen LogP contribution in [0.15, 0.2) is 0 Å². The smallest absolute Gasteiger partial charge is 0.224 e. The Bertz CT molecular complexity index is 214. The van der Waals surface area contributed by atoms with Gasteiger partial charge in [0.2, 0.25) is 5.91 Å². The van der Waals surface area contributed by atoms with E-state index in [2.05, 4.69) is 10.6 Å². The van der Waals surface area contributed by atoms with E-state index in [4.69, 9.17) is 4.74 Å². The highest BCUT2D eigenvalue weighted by Gasteiger charge is 2.23. The van der Waals surface area contributed by atoms with Crippen LogP contribution >= 0.6 is 12.4 Å². The van der Waals surface area contributed by atoms with Crippen molar-refractivity contribution < 1.29 is 9.53 Å². The molecule has 0 spiro atoms. The molecule has 0 aliphatic carbocycles. The van der Waals surface area contributed by atoms with Gasteiger partial charge in [0.1, 0.15) is 0 Å². The lowest BCUT2D eigenvalue weighted by Gasteiger charge is -2.22. The van der Waals surface area contributed by atoms with Crippen molar-refractivity contribution in [3.8, 4) is 0 Å². The highest BCUT2D eigenvalue weighted by Crippen LogP contribution is 2.14. The normalized spacial score (nSPS) is 26.1. The van der Waals surface area contributed by atoms with Gasteiger partial charge in [-0.1, -0.05) is 0 Å². The molecule has 0 aromatic heterocycles. The molecule has 4 nitrogen and oxygen atoms in total. The summed E-state index contributed by atoms with van der Waals surface area (Å²) in [6, 6.07) is 0. The van der Waals surface area contributed by atoms with E-state index in [0.29, 0.717) is 5.92 Å². The third-order valence-electron chi connectivity index (χ3n) is 3.34. The Labute approximate surface area is 103 Å². The van der Waals surface area contributed by atoms with Crippen molar-refractivity contribution in [3.05, 3.63) is 0 Å². The maximum Gasteiger partial charge on any atom is 0.224 e. The van der Waals surface area contributed by atoms with Gasteiger partial charge in [-0.15, -0.1) is 12.4 Å². The molecule has 94 valence electrons. The number of amides is 1. The van der Waals surface area contributed by atoms with Crippen LogP contribution in [0, 0.1) is 11.8 Å². The average Bonchev–Trinajstić information content (AvgIpc) is 2.81. The fourth-order valence-electron chi connectivity index (χ4n) is 2.22. The van der Waals surface area contributed by atoms with Crippen molar-refractivity contribution in [2.45, 2.75) is 19.3 Å². The second-order valence-corrected chi connectivity index (χ2v) is 4.49. The minimum Gasteiger partial charge on any atom is -0.381 e. The van der Waals surface area contributed by atoms with Crippen LogP contribution in [-0.4, -0.2) is 38.8 Å². The maximum atomic E-state index is 11.7. The van der Waals surface area contributed by atoms with Gasteiger partial charge < -0.3 is 15.4 Å². The molecule has 1 amide bonds. The van der Waals surface area contributed by atoms with Crippen molar-refractivity contribution in [1.82, 2.24) is 10.6 Å². The summed E-state index contributed by atoms with van der Waals surface area (Å²) in [5.41, 5.74) is 0. The fourth-order valence-corrected chi connectivity index (χ4v) is 2.22. The highest BCUT2D eigenvalue weighted by molar-refractivity contribution is 5.85. The summed E-state index contributed by atoms with van der Waals surface area (Å²) in [7, 11) is 0. The zero-order valence-electron chi connectivity index (χ0n) is 9.54. The largest absolute Gasteiger partial charge is 0.381 e. The first kappa shape index (κ1) is 13.7. The lowest BCUT2D eigenvalue weighted by Crippen LogP contribution is -2.36. The summed E-state index contributed by atoms with van der Waals surface area (Å²) < 4.78 is 5.28. The number of ether oxygens (including phenoxy) is 1. The summed E-state index contributed by atoms with van der Waals surface area (Å²) >= 11 is 0. The molecule has 1 atom stereocenters. The van der Waals surface area contributed by atoms with Gasteiger partial charge in [-0.2, -0.15) is 0 Å². The Kier molecular flexibility index (Phi) is 6.09. The van der Waals surface area contributed by atoms with E-state index in [1.807, 2.05) is 0 Å². The summed E-state index contributed by atoms with van der Waals surface area (Å²) in [5.74, 6) is 1.05. The van der Waals surface area contributed by atoms with E-state index in [0.717, 1.165) is 52.1 Å². The Morgan fingerprint density at radius 3 is 2.69 bits per heavy atom. The van der Waals surface area contributed by atoms with Crippen LogP contribution in [0.4, 0.5) is 0 Å². The number of nitrogens with one attached hydrogen (secondary N) is 2. The van der Waals surface area contributed by atoms with Gasteiger partial charge in [0.15, 0.2) is 0 Å². The van der Waals surface area contributed by atoms with E-state index >= 15 is 0 Å². The summed E-state index contributed by atoms with van der Waals surface area (Å²) in [6.07, 6.45) is 3.16. The van der Waals surface area contributed by atoms with Crippen LogP contribution in [-0.2, 0) is 9.53 Å². The van der Waals surface area contributed by atoms with E-state index in [-0.39, 0.29) is 24.2 Å². The first-order valence-corrected chi connectivity index (χ1v) is 5.92. The molecular formula is C11H21ClN2O2. The molecule has 2 saturated heterocycles. The molecule has 2 N–H and O–H groups in total. The molecule has 5 heteroatoms. The van der Waals surface area contributed by atoms with E-state index in [1.54, 1.807) is 0 Å². The minimum atomic E-state index is 0. The third kappa shape index (κ3) is 3.92. The van der Waals surface area contributed by atoms with Gasteiger partial charge in [-0.05, 0) is 31.7 Å². The molecule has 0 aromatic rings. The van der Waals surface area contributed by atoms with Crippen LogP contribution in [0.2, 0.25) is 0 Å². The van der Waals surface area contributed by atoms with Gasteiger partial charge in [0.05, 0.1) is 5.92 Å². The number of carbonyl (C=O) groups excluding carboxylic acids is 1. The zero-order chi connectivity index (χ0) is 10.5. The van der Waals surface area contributed by atoms with E-state index in [1.165, 1.54) is 0 Å². The zero-order valence-corrected chi connectivity index (χ0v) is 10.4. The SMILES string of the molecule is Cl.O=C(NCC1CCOCC1)C1CCNC1. The number of hydrogen-bond acceptors (Lipinski definition) is 3. The molecule has 0 radical (unpaired) electrons. The minimum absolute atomic E-state index is 0. The van der Waals surface area contributed by atoms with Crippen molar-refractivity contribution in [1.29, 1.82) is 0 Å². The van der Waals surface area contributed by atoms with Gasteiger partial charge in [0, 0.05) is 26.3 Å². The molecule has 1 unspecified atom stereocenters. The molecule has 0 saturated carbocycles. The first-order chi connectivity index (χ1) is 7.36. The third-order valence-corrected chi connectivity index (χ3v) is 3.34. The van der Waals surface area contributed by atoms with E-state index in [9.17, 15) is 4.79 Å². The molecule has 2 aliphatic heterocycles. The molecule has 2 fully saturated rings. The summed E-state index contributed by atoms with van der Waals surface area (Å²) in [6.45, 7) is 4.37. The van der Waals surface area contributed by atoms with Crippen LogP contribution in [0.1, 0.15) is 19.3 Å². The molecule has 2 heterocycles. The summed E-state index contributed by atoms with van der Waals surface area (Å²) in [5, 5.41) is 6.27. The van der Waals surface area contributed by atoms with Crippen LogP contribution in [0.3, 0.4) is 0 Å². The number of hydrogen-bond donors (Lipinski definition) is 2. The van der Waals surface area contributed by atoms with Crippen LogP contribution in [0.5, 0.6) is 0 Å². The molecule has 2 aliphatic rings. The molecule has 2 rings (SSSR count). The quantitative estimate of drug-likeness (QED) is 0.768. The van der Waals surface area contributed by atoms with Crippen molar-refractivity contribution in [3.63, 3.8) is 0 Å². The van der Waals surface area contributed by atoms with Crippen molar-refractivity contribution in [2.75, 3.05) is 32.8 Å². The lowest BCUT2D eigenvalue weighted by molar-refractivity contribution is -0.124. The van der Waals surface area contributed by atoms with Crippen LogP contribution in [0.25, 0.3) is 0 Å². The molecular weight excluding hydrogens is 228 g/mol. The predicted octanol–water partition coefficient (Wildman–Crippen LogP) is 0.560. The molecule has 16 heavy (non-hydrogen) atoms. The summed E-state index contributed by atoms with van der Waals surface area (Å²) in [4.78, 5) is 11.7. The van der Waals surface area contributed by atoms with Crippen molar-refractivity contribution >= 4 is 18.3 Å². The van der Waals surface area contributed by atoms with Gasteiger partial charge in [-0.25, -0.2) is 0 Å². The van der Waals surface area contributed by atoms with E-state index < -0.39 is 0 Å². The Hall–Kier alpha value is -0.320. The van der Waals surface area contributed by atoms with Gasteiger partial charge in [-0.3, -0.25) is 4.79 Å². The number of rotatable bonds is 3. The molecule has 0 bridgehead atoms. The standard InChI is InChI=1S/C11H20N2O2.ClH/c14-11(10-1-4-12-8-10)13-7-9-2-5-15-6-3-9;/h9-10,12H,1-8H2,(H,13,14);1H. The van der Waals surface area contributed by atoms with Gasteiger partial charge in [0.25, 0.3) is 0 Å². The topological polar surface area (TPSA) is 50.4 Å². The fraction of sp³-hybridized carbons (Fsp3) is 0.909. The average molecular weight is 249 g/mol. The second kappa shape index (κ2) is 7.09. The Balaban J connectivity index is 0.00000128. The monoisotopic (exact) mass is 248 g/mol. The first-order valence-electron chi connectivity index (χ1n) is 5.92. The lowest BCUT2D eigenvalue weighted by atomic mass is 10.00. The van der Waals surface area contributed by atoms with Crippen molar-refractivity contribution in [2.24, 2.45) is 11.8 Å². The van der Waals surface area contributed by atoms with Crippen LogP contribution < -0.4 is 10.6 Å². The maximum absolute atomic E-state index is 11.7. The Morgan fingerprint density at radius 2 is 2.06 bits per heavy atom. The molecule has 0 aromatic carbocycles. The number of carbonyl (C=O) groups is 1.